The molecule has 0 saturated carbocycles. The average Bonchev–Trinajstić information content (AvgIpc) is 3.10. The summed E-state index contributed by atoms with van der Waals surface area (Å²) in [7, 11) is -15.0. The van der Waals surface area contributed by atoms with Gasteiger partial charge in [0.25, 0.3) is 20.2 Å². The number of amides is 2. The largest absolute Gasteiger partial charge is 1.00 e. The van der Waals surface area contributed by atoms with Crippen LogP contribution in [0.15, 0.2) is 132 Å². The van der Waals surface area contributed by atoms with Gasteiger partial charge in [0.15, 0.2) is 0 Å². The zero-order valence-electron chi connectivity index (χ0n) is 30.7. The van der Waals surface area contributed by atoms with Crippen LogP contribution in [0.4, 0.5) is 38.9 Å². The predicted molar refractivity (Wildman–Crippen MR) is 193 cm³/mol. The molecule has 0 fully saturated rings. The molecular formula is C34H23N6Na3O12S3. The van der Waals surface area contributed by atoms with Crippen LogP contribution in [-0.4, -0.2) is 44.9 Å². The van der Waals surface area contributed by atoms with Crippen LogP contribution >= 0.6 is 0 Å². The van der Waals surface area contributed by atoms with Crippen molar-refractivity contribution in [2.24, 2.45) is 20.5 Å². The maximum absolute atomic E-state index is 13.4. The van der Waals surface area contributed by atoms with Gasteiger partial charge in [-0.15, -0.1) is 10.2 Å². The van der Waals surface area contributed by atoms with Crippen molar-refractivity contribution in [3.8, 4) is 11.5 Å². The fourth-order valence-electron chi connectivity index (χ4n) is 5.34. The molecule has 2 amide bonds. The molecular weight excluding hydrogens is 850 g/mol. The summed E-state index contributed by atoms with van der Waals surface area (Å²) in [6.45, 7) is 1.36. The number of anilines is 2. The Bertz CT molecular complexity index is 2980. The number of benzene rings is 6. The topological polar surface area (TPSA) is 303 Å². The number of azo groups is 2. The van der Waals surface area contributed by atoms with Crippen LogP contribution in [0.3, 0.4) is 0 Å². The van der Waals surface area contributed by atoms with Gasteiger partial charge in [-0.2, -0.15) is 27.1 Å². The maximum Gasteiger partial charge on any atom is 1.00 e. The van der Waals surface area contributed by atoms with Gasteiger partial charge in [0.05, 0.1) is 27.6 Å². The Balaban J connectivity index is 0.00000300. The fourth-order valence-corrected chi connectivity index (χ4v) is 7.37. The van der Waals surface area contributed by atoms with Crippen molar-refractivity contribution in [3.63, 3.8) is 0 Å². The molecule has 0 heterocycles. The van der Waals surface area contributed by atoms with Gasteiger partial charge in [-0.25, -0.2) is 13.2 Å². The molecule has 0 bridgehead atoms. The van der Waals surface area contributed by atoms with Gasteiger partial charge < -0.3 is 25.4 Å². The van der Waals surface area contributed by atoms with Crippen LogP contribution in [0.5, 0.6) is 11.5 Å². The fraction of sp³-hybridized carbons (Fsp3) is 0.0294. The van der Waals surface area contributed by atoms with E-state index in [0.717, 1.165) is 18.2 Å². The van der Waals surface area contributed by atoms with E-state index in [0.29, 0.717) is 5.69 Å². The van der Waals surface area contributed by atoms with E-state index in [4.69, 9.17) is 0 Å². The van der Waals surface area contributed by atoms with Crippen LogP contribution in [0.1, 0.15) is 5.56 Å². The van der Waals surface area contributed by atoms with Crippen molar-refractivity contribution in [1.29, 1.82) is 0 Å². The van der Waals surface area contributed by atoms with Crippen LogP contribution in [0.25, 0.3) is 21.5 Å². The van der Waals surface area contributed by atoms with Crippen molar-refractivity contribution in [2.75, 3.05) is 10.6 Å². The molecule has 0 aromatic heterocycles. The van der Waals surface area contributed by atoms with E-state index in [1.807, 2.05) is 0 Å². The molecule has 282 valence electrons. The second-order valence-electron chi connectivity index (χ2n) is 11.6. The SMILES string of the molecule is Cc1ccc(N=Nc2c(S(=O)(=O)O)cc3cc(NC(=O)Nc4ccc5c([O-])c(N=Nc6ccccc6)c(S(=O)(=O)O)cc5c4)ccc3c2[O-])cc1S(=O)(=O)[O-].[Na+].[Na+].[Na+]. The molecule has 6 aromatic rings. The van der Waals surface area contributed by atoms with Crippen LogP contribution in [0.2, 0.25) is 0 Å². The maximum atomic E-state index is 13.4. The summed E-state index contributed by atoms with van der Waals surface area (Å²) in [6, 6.07) is 20.2. The number of nitrogens with one attached hydrogen (secondary N) is 2. The van der Waals surface area contributed by atoms with Crippen LogP contribution < -0.4 is 110 Å². The number of aryl methyl sites for hydroxylation is 1. The quantitative estimate of drug-likeness (QED) is 0.0658. The van der Waals surface area contributed by atoms with Crippen LogP contribution in [-0.2, 0) is 30.4 Å². The molecule has 24 heteroatoms. The molecule has 0 atom stereocenters. The summed E-state index contributed by atoms with van der Waals surface area (Å²) < 4.78 is 103. The van der Waals surface area contributed by atoms with Gasteiger partial charge in [0.1, 0.15) is 19.9 Å². The molecule has 58 heavy (non-hydrogen) atoms. The minimum absolute atomic E-state index is 0. The number of fused-ring (bicyclic) bond motifs is 2. The first-order valence-corrected chi connectivity index (χ1v) is 19.6. The molecule has 4 N–H and O–H groups in total. The minimum Gasteiger partial charge on any atom is -0.871 e. The summed E-state index contributed by atoms with van der Waals surface area (Å²) in [6.07, 6.45) is 0. The Morgan fingerprint density at radius 3 is 1.45 bits per heavy atom. The third kappa shape index (κ3) is 11.3. The Hall–Kier alpha value is -3.36. The number of hydrogen-bond acceptors (Lipinski definition) is 14. The first kappa shape index (κ1) is 49.0. The molecule has 0 spiro atoms. The van der Waals surface area contributed by atoms with E-state index in [-0.39, 0.29) is 133 Å². The third-order valence-electron chi connectivity index (χ3n) is 7.86. The second kappa shape index (κ2) is 19.4. The molecule has 0 saturated heterocycles. The standard InChI is InChI=1S/C34H26N6O12S3.3Na/c1-18-7-8-24(17-27(18)53(44,45)46)38-40-31-29(55(50,51)52)16-20-14-23(10-12-26(20)33(31)42)36-34(43)35-22-9-11-25-19(13-22)15-28(54(47,48)49)30(32(25)41)39-37-21-5-3-2-4-6-21;;;/h2-17,41-42H,1H3,(H2,35,36,43)(H,44,45,46)(H,47,48,49)(H,50,51,52);;;/q;3*+1/p-3. The molecule has 0 radical (unpaired) electrons. The molecule has 18 nitrogen and oxygen atoms in total. The van der Waals surface area contributed by atoms with E-state index in [9.17, 15) is 53.9 Å². The number of urea groups is 1. The van der Waals surface area contributed by atoms with E-state index >= 15 is 0 Å². The summed E-state index contributed by atoms with van der Waals surface area (Å²) in [5, 5.41) is 46.4. The Morgan fingerprint density at radius 1 is 0.569 bits per heavy atom. The third-order valence-corrected chi connectivity index (χ3v) is 10.6. The smallest absolute Gasteiger partial charge is 0.871 e. The first-order valence-electron chi connectivity index (χ1n) is 15.3. The van der Waals surface area contributed by atoms with Crippen molar-refractivity contribution < 1.29 is 143 Å². The Kier molecular flexibility index (Phi) is 16.4. The zero-order chi connectivity index (χ0) is 39.9. The summed E-state index contributed by atoms with van der Waals surface area (Å²) >= 11 is 0. The van der Waals surface area contributed by atoms with E-state index < -0.39 is 73.9 Å². The van der Waals surface area contributed by atoms with Gasteiger partial charge >= 0.3 is 94.7 Å². The molecule has 6 rings (SSSR count). The molecule has 0 aliphatic carbocycles. The van der Waals surface area contributed by atoms with E-state index in [2.05, 4.69) is 31.1 Å². The van der Waals surface area contributed by atoms with E-state index in [1.165, 1.54) is 55.5 Å². The van der Waals surface area contributed by atoms with Crippen molar-refractivity contribution in [1.82, 2.24) is 0 Å². The summed E-state index contributed by atoms with van der Waals surface area (Å²) in [5.41, 5.74) is -1.11. The number of hydrogen-bond donors (Lipinski definition) is 4. The predicted octanol–water partition coefficient (Wildman–Crippen LogP) is -2.67. The van der Waals surface area contributed by atoms with Gasteiger partial charge in [-0.05, 0) is 94.7 Å². The first-order chi connectivity index (χ1) is 25.8. The molecule has 0 unspecified atom stereocenters. The van der Waals surface area contributed by atoms with E-state index in [1.54, 1.807) is 30.3 Å². The van der Waals surface area contributed by atoms with Crippen molar-refractivity contribution >= 4 is 92.1 Å². The van der Waals surface area contributed by atoms with Crippen molar-refractivity contribution in [2.45, 2.75) is 21.6 Å². The zero-order valence-corrected chi connectivity index (χ0v) is 39.2. The van der Waals surface area contributed by atoms with Gasteiger partial charge in [-0.3, -0.25) is 9.11 Å². The average molecular weight is 873 g/mol. The molecule has 0 aliphatic heterocycles. The van der Waals surface area contributed by atoms with Gasteiger partial charge in [-0.1, -0.05) is 47.9 Å². The molecule has 6 aromatic carbocycles. The van der Waals surface area contributed by atoms with Gasteiger partial charge in [0, 0.05) is 11.4 Å². The second-order valence-corrected chi connectivity index (χ2v) is 15.8. The van der Waals surface area contributed by atoms with Gasteiger partial charge in [0.2, 0.25) is 0 Å². The number of rotatable bonds is 9. The van der Waals surface area contributed by atoms with Crippen LogP contribution in [0, 0.1) is 6.92 Å². The normalized spacial score (nSPS) is 11.9. The van der Waals surface area contributed by atoms with Crippen molar-refractivity contribution in [3.05, 3.63) is 103 Å². The summed E-state index contributed by atoms with van der Waals surface area (Å²) in [5.74, 6) is -1.86. The summed E-state index contributed by atoms with van der Waals surface area (Å²) in [4.78, 5) is 10.6. The Morgan fingerprint density at radius 2 is 1.02 bits per heavy atom. The number of carbonyl (C=O) groups excluding carboxylic acids is 1. The number of nitrogens with zero attached hydrogens (tertiary/aromatic N) is 4. The Labute approximate surface area is 397 Å². The number of carbonyl (C=O) groups is 1. The monoisotopic (exact) mass is 872 g/mol. The molecule has 0 aliphatic rings. The minimum atomic E-state index is -5.10.